The van der Waals surface area contributed by atoms with Crippen LogP contribution in [-0.4, -0.2) is 34.9 Å². The van der Waals surface area contributed by atoms with E-state index in [9.17, 15) is 4.79 Å². The Hall–Kier alpha value is -1.04. The third kappa shape index (κ3) is 3.02. The number of fused-ring (bicyclic) bond motifs is 2. The summed E-state index contributed by atoms with van der Waals surface area (Å²) in [6, 6.07) is 6.41. The number of aromatic nitrogens is 1. The number of nitrogens with zero attached hydrogens (tertiary/aromatic N) is 1. The Morgan fingerprint density at radius 2 is 2.17 bits per heavy atom. The van der Waals surface area contributed by atoms with Crippen LogP contribution in [0.4, 0.5) is 0 Å². The predicted molar refractivity (Wildman–Crippen MR) is 97.7 cm³/mol. The highest BCUT2D eigenvalue weighted by atomic mass is 79.9. The van der Waals surface area contributed by atoms with Crippen molar-refractivity contribution in [3.8, 4) is 0 Å². The van der Waals surface area contributed by atoms with Crippen molar-refractivity contribution in [2.24, 2.45) is 17.6 Å². The second-order valence-electron chi connectivity index (χ2n) is 6.64. The molecular formula is C17H21BrClN3O. The van der Waals surface area contributed by atoms with Crippen molar-refractivity contribution >= 4 is 45.1 Å². The molecule has 1 aromatic carbocycles. The zero-order valence-corrected chi connectivity index (χ0v) is 15.2. The number of H-pyrrole nitrogens is 1. The number of carbonyl (C=O) groups excluding carboxylic acids is 1. The minimum absolute atomic E-state index is 0. The molecule has 2 fully saturated rings. The lowest BCUT2D eigenvalue weighted by Gasteiger charge is -2.18. The molecule has 4 rings (SSSR count). The lowest BCUT2D eigenvalue weighted by atomic mass is 9.98. The molecule has 1 saturated carbocycles. The third-order valence-corrected chi connectivity index (χ3v) is 5.83. The van der Waals surface area contributed by atoms with E-state index >= 15 is 0 Å². The highest BCUT2D eigenvalue weighted by Gasteiger charge is 2.42. The number of nitrogens with one attached hydrogen (secondary N) is 1. The summed E-state index contributed by atoms with van der Waals surface area (Å²) in [5.41, 5.74) is 8.30. The van der Waals surface area contributed by atoms with Gasteiger partial charge in [-0.25, -0.2) is 0 Å². The van der Waals surface area contributed by atoms with Crippen LogP contribution < -0.4 is 5.73 Å². The molecule has 6 heteroatoms. The van der Waals surface area contributed by atoms with Gasteiger partial charge < -0.3 is 15.6 Å². The number of likely N-dealkylation sites (tertiary alicyclic amines) is 1. The van der Waals surface area contributed by atoms with Gasteiger partial charge in [-0.2, -0.15) is 0 Å². The molecule has 1 aromatic heterocycles. The topological polar surface area (TPSA) is 62.1 Å². The van der Waals surface area contributed by atoms with Gasteiger partial charge in [0.2, 0.25) is 5.91 Å². The Balaban J connectivity index is 0.00000156. The van der Waals surface area contributed by atoms with E-state index in [-0.39, 0.29) is 24.4 Å². The van der Waals surface area contributed by atoms with Gasteiger partial charge in [0, 0.05) is 40.7 Å². The highest BCUT2D eigenvalue weighted by Crippen LogP contribution is 2.37. The SMILES string of the molecule is Cl.NC1CCC2CN(C(=O)Cc3c[nH]c4cc(Br)ccc34)CC12. The summed E-state index contributed by atoms with van der Waals surface area (Å²) in [4.78, 5) is 17.9. The quantitative estimate of drug-likeness (QED) is 0.816. The number of carbonyl (C=O) groups is 1. The molecule has 0 radical (unpaired) electrons. The molecule has 1 amide bonds. The standard InChI is InChI=1S/C17H20BrN3O.ClH/c18-12-2-3-13-11(7-20-16(13)6-12)5-17(22)21-8-10-1-4-15(19)14(10)9-21;/h2-3,6-7,10,14-15,20H,1,4-5,8-9,19H2;1H. The Kier molecular flexibility index (Phi) is 4.72. The summed E-state index contributed by atoms with van der Waals surface area (Å²) in [6.45, 7) is 1.74. The maximum atomic E-state index is 12.6. The summed E-state index contributed by atoms with van der Waals surface area (Å²) in [6.07, 6.45) is 4.72. The number of halogens is 2. The van der Waals surface area contributed by atoms with Crippen LogP contribution in [0.25, 0.3) is 10.9 Å². The zero-order chi connectivity index (χ0) is 15.3. The molecule has 1 aliphatic heterocycles. The largest absolute Gasteiger partial charge is 0.361 e. The number of benzene rings is 1. The summed E-state index contributed by atoms with van der Waals surface area (Å²) in [7, 11) is 0. The number of hydrogen-bond donors (Lipinski definition) is 2. The van der Waals surface area contributed by atoms with Crippen LogP contribution >= 0.6 is 28.3 Å². The Morgan fingerprint density at radius 3 is 2.96 bits per heavy atom. The first-order chi connectivity index (χ1) is 10.6. The second-order valence-corrected chi connectivity index (χ2v) is 7.56. The van der Waals surface area contributed by atoms with Gasteiger partial charge in [-0.1, -0.05) is 22.0 Å². The van der Waals surface area contributed by atoms with Crippen molar-refractivity contribution in [1.82, 2.24) is 9.88 Å². The van der Waals surface area contributed by atoms with Crippen LogP contribution in [-0.2, 0) is 11.2 Å². The van der Waals surface area contributed by atoms with Crippen molar-refractivity contribution in [1.29, 1.82) is 0 Å². The molecule has 23 heavy (non-hydrogen) atoms. The van der Waals surface area contributed by atoms with E-state index in [1.165, 1.54) is 6.42 Å². The smallest absolute Gasteiger partial charge is 0.227 e. The summed E-state index contributed by atoms with van der Waals surface area (Å²) in [5.74, 6) is 1.37. The zero-order valence-electron chi connectivity index (χ0n) is 12.8. The summed E-state index contributed by atoms with van der Waals surface area (Å²) < 4.78 is 1.04. The first kappa shape index (κ1) is 16.8. The van der Waals surface area contributed by atoms with Gasteiger partial charge in [-0.15, -0.1) is 12.4 Å². The van der Waals surface area contributed by atoms with E-state index < -0.39 is 0 Å². The first-order valence-electron chi connectivity index (χ1n) is 7.90. The van der Waals surface area contributed by atoms with E-state index in [2.05, 4.69) is 27.0 Å². The molecule has 4 nitrogen and oxygen atoms in total. The van der Waals surface area contributed by atoms with Crippen LogP contribution in [0.15, 0.2) is 28.9 Å². The minimum atomic E-state index is 0. The fraction of sp³-hybridized carbons (Fsp3) is 0.471. The molecule has 124 valence electrons. The molecule has 3 N–H and O–H groups in total. The van der Waals surface area contributed by atoms with Crippen molar-refractivity contribution in [2.45, 2.75) is 25.3 Å². The average Bonchev–Trinajstić information content (AvgIpc) is 3.16. The normalized spacial score (nSPS) is 26.3. The van der Waals surface area contributed by atoms with Crippen LogP contribution in [0.3, 0.4) is 0 Å². The van der Waals surface area contributed by atoms with E-state index in [1.54, 1.807) is 0 Å². The first-order valence-corrected chi connectivity index (χ1v) is 8.70. The molecule has 3 unspecified atom stereocenters. The van der Waals surface area contributed by atoms with E-state index in [0.717, 1.165) is 40.4 Å². The summed E-state index contributed by atoms with van der Waals surface area (Å²) >= 11 is 3.47. The van der Waals surface area contributed by atoms with Gasteiger partial charge >= 0.3 is 0 Å². The molecule has 0 bridgehead atoms. The Morgan fingerprint density at radius 1 is 1.35 bits per heavy atom. The number of nitrogens with two attached hydrogens (primary N) is 1. The lowest BCUT2D eigenvalue weighted by Crippen LogP contribution is -2.34. The molecule has 1 aliphatic carbocycles. The van der Waals surface area contributed by atoms with Crippen LogP contribution in [0, 0.1) is 11.8 Å². The number of amides is 1. The van der Waals surface area contributed by atoms with Gasteiger partial charge in [0.25, 0.3) is 0 Å². The number of hydrogen-bond acceptors (Lipinski definition) is 2. The predicted octanol–water partition coefficient (Wildman–Crippen LogP) is 3.09. The molecular weight excluding hydrogens is 378 g/mol. The van der Waals surface area contributed by atoms with Crippen molar-refractivity contribution < 1.29 is 4.79 Å². The van der Waals surface area contributed by atoms with Crippen LogP contribution in [0.1, 0.15) is 18.4 Å². The Labute approximate surface area is 150 Å². The molecule has 2 aliphatic rings. The lowest BCUT2D eigenvalue weighted by molar-refractivity contribution is -0.129. The monoisotopic (exact) mass is 397 g/mol. The molecule has 1 saturated heterocycles. The molecule has 0 spiro atoms. The van der Waals surface area contributed by atoms with Crippen molar-refractivity contribution in [2.75, 3.05) is 13.1 Å². The molecule has 3 atom stereocenters. The van der Waals surface area contributed by atoms with E-state index in [4.69, 9.17) is 5.73 Å². The summed E-state index contributed by atoms with van der Waals surface area (Å²) in [5, 5.41) is 1.13. The second kappa shape index (κ2) is 6.46. The fourth-order valence-corrected chi connectivity index (χ4v) is 4.45. The maximum absolute atomic E-state index is 12.6. The maximum Gasteiger partial charge on any atom is 0.227 e. The van der Waals surface area contributed by atoms with Gasteiger partial charge in [0.05, 0.1) is 6.42 Å². The van der Waals surface area contributed by atoms with E-state index in [1.807, 2.05) is 23.2 Å². The fourth-order valence-electron chi connectivity index (χ4n) is 4.09. The van der Waals surface area contributed by atoms with Crippen molar-refractivity contribution in [3.05, 3.63) is 34.4 Å². The Bertz CT molecular complexity index is 732. The molecule has 2 aromatic rings. The van der Waals surface area contributed by atoms with E-state index in [0.29, 0.717) is 18.3 Å². The highest BCUT2D eigenvalue weighted by molar-refractivity contribution is 9.10. The van der Waals surface area contributed by atoms with Crippen LogP contribution in [0.5, 0.6) is 0 Å². The number of aromatic amines is 1. The minimum Gasteiger partial charge on any atom is -0.361 e. The number of rotatable bonds is 2. The van der Waals surface area contributed by atoms with Crippen LogP contribution in [0.2, 0.25) is 0 Å². The van der Waals surface area contributed by atoms with Gasteiger partial charge in [0.15, 0.2) is 0 Å². The van der Waals surface area contributed by atoms with Gasteiger partial charge in [-0.05, 0) is 42.4 Å². The van der Waals surface area contributed by atoms with Gasteiger partial charge in [-0.3, -0.25) is 4.79 Å². The van der Waals surface area contributed by atoms with Crippen molar-refractivity contribution in [3.63, 3.8) is 0 Å². The average molecular weight is 399 g/mol. The van der Waals surface area contributed by atoms with Gasteiger partial charge in [0.1, 0.15) is 0 Å². The molecule has 2 heterocycles. The third-order valence-electron chi connectivity index (χ3n) is 5.34.